The highest BCUT2D eigenvalue weighted by Gasteiger charge is 2.35. The molecule has 186 valence electrons. The van der Waals surface area contributed by atoms with E-state index < -0.39 is 11.6 Å². The highest BCUT2D eigenvalue weighted by molar-refractivity contribution is 5.89. The molecule has 0 bridgehead atoms. The van der Waals surface area contributed by atoms with Crippen LogP contribution >= 0.6 is 0 Å². The fourth-order valence-corrected chi connectivity index (χ4v) is 4.50. The Morgan fingerprint density at radius 3 is 2.63 bits per heavy atom. The number of methoxy groups -OCH3 is 1. The summed E-state index contributed by atoms with van der Waals surface area (Å²) in [5.74, 6) is -1.41. The van der Waals surface area contributed by atoms with E-state index in [1.807, 2.05) is 36.4 Å². The molecule has 3 aromatic rings. The number of nitrogens with zero attached hydrogens (tertiary/aromatic N) is 3. The SMILES string of the molecule is CCCc1cc(NC(=O)N[C@@H]2CN(CCOC)C[C@H]2c2ccc(F)c(F)c2)n(-c2ccccc2)n1. The molecular weight excluding hydrogens is 452 g/mol. The predicted octanol–water partition coefficient (Wildman–Crippen LogP) is 4.34. The van der Waals surface area contributed by atoms with Gasteiger partial charge in [-0.3, -0.25) is 10.2 Å². The summed E-state index contributed by atoms with van der Waals surface area (Å²) >= 11 is 0. The quantitative estimate of drug-likeness (QED) is 0.475. The van der Waals surface area contributed by atoms with Crippen molar-refractivity contribution in [2.45, 2.75) is 31.7 Å². The molecule has 4 rings (SSSR count). The van der Waals surface area contributed by atoms with Crippen LogP contribution in [-0.2, 0) is 11.2 Å². The number of aromatic nitrogens is 2. The van der Waals surface area contributed by atoms with Crippen LogP contribution in [0.25, 0.3) is 5.69 Å². The van der Waals surface area contributed by atoms with E-state index in [2.05, 4.69) is 27.6 Å². The second kappa shape index (κ2) is 11.4. The number of benzene rings is 2. The Morgan fingerprint density at radius 2 is 1.91 bits per heavy atom. The molecular formula is C26H31F2N5O2. The number of amides is 2. The van der Waals surface area contributed by atoms with Gasteiger partial charge in [-0.25, -0.2) is 18.3 Å². The lowest BCUT2D eigenvalue weighted by molar-refractivity contribution is 0.159. The molecule has 2 aromatic carbocycles. The number of hydrogen-bond acceptors (Lipinski definition) is 4. The number of rotatable bonds is 9. The Morgan fingerprint density at radius 1 is 1.11 bits per heavy atom. The van der Waals surface area contributed by atoms with Crippen molar-refractivity contribution in [1.82, 2.24) is 20.0 Å². The summed E-state index contributed by atoms with van der Waals surface area (Å²) < 4.78 is 34.4. The van der Waals surface area contributed by atoms with Gasteiger partial charge in [0.15, 0.2) is 11.6 Å². The largest absolute Gasteiger partial charge is 0.383 e. The van der Waals surface area contributed by atoms with Gasteiger partial charge >= 0.3 is 6.03 Å². The number of carbonyl (C=O) groups excluding carboxylic acids is 1. The first-order valence-electron chi connectivity index (χ1n) is 11.9. The lowest BCUT2D eigenvalue weighted by Crippen LogP contribution is -2.42. The van der Waals surface area contributed by atoms with Crippen molar-refractivity contribution >= 4 is 11.8 Å². The molecule has 1 aliphatic rings. The predicted molar refractivity (Wildman–Crippen MR) is 131 cm³/mol. The van der Waals surface area contributed by atoms with Crippen molar-refractivity contribution in [2.75, 3.05) is 38.7 Å². The standard InChI is InChI=1S/C26H31F2N5O2/c1-3-7-19-15-25(33(31-19)20-8-5-4-6-9-20)30-26(34)29-24-17-32(12-13-35-2)16-21(24)18-10-11-22(27)23(28)14-18/h4-6,8-11,14-15,21,24H,3,7,12-13,16-17H2,1-2H3,(H2,29,30,34)/t21-,24+/m0/s1. The van der Waals surface area contributed by atoms with Gasteiger partial charge in [0.25, 0.3) is 0 Å². The third-order valence-corrected chi connectivity index (χ3v) is 6.20. The van der Waals surface area contributed by atoms with E-state index in [0.717, 1.165) is 30.3 Å². The first-order valence-corrected chi connectivity index (χ1v) is 11.9. The maximum atomic E-state index is 14.0. The van der Waals surface area contributed by atoms with Crippen molar-refractivity contribution in [3.05, 3.63) is 77.5 Å². The number of aryl methyl sites for hydroxylation is 1. The number of nitrogens with one attached hydrogen (secondary N) is 2. The Labute approximate surface area is 204 Å². The number of halogens is 2. The number of urea groups is 1. The van der Waals surface area contributed by atoms with Crippen molar-refractivity contribution < 1.29 is 18.3 Å². The van der Waals surface area contributed by atoms with Gasteiger partial charge < -0.3 is 10.1 Å². The minimum atomic E-state index is -0.892. The van der Waals surface area contributed by atoms with Crippen LogP contribution < -0.4 is 10.6 Å². The molecule has 2 amide bonds. The van der Waals surface area contributed by atoms with Gasteiger partial charge in [-0.2, -0.15) is 5.10 Å². The highest BCUT2D eigenvalue weighted by atomic mass is 19.2. The molecule has 7 nitrogen and oxygen atoms in total. The fraction of sp³-hybridized carbons (Fsp3) is 0.385. The molecule has 9 heteroatoms. The summed E-state index contributed by atoms with van der Waals surface area (Å²) in [5.41, 5.74) is 2.38. The zero-order valence-corrected chi connectivity index (χ0v) is 20.0. The zero-order chi connectivity index (χ0) is 24.8. The van der Waals surface area contributed by atoms with Crippen LogP contribution in [0.1, 0.15) is 30.5 Å². The van der Waals surface area contributed by atoms with Gasteiger partial charge in [0.05, 0.1) is 24.0 Å². The van der Waals surface area contributed by atoms with Gasteiger partial charge in [-0.15, -0.1) is 0 Å². The minimum absolute atomic E-state index is 0.192. The topological polar surface area (TPSA) is 71.4 Å². The normalized spacial score (nSPS) is 18.1. The van der Waals surface area contributed by atoms with Crippen LogP contribution in [0.4, 0.5) is 19.4 Å². The summed E-state index contributed by atoms with van der Waals surface area (Å²) in [7, 11) is 1.63. The lowest BCUT2D eigenvalue weighted by Gasteiger charge is -2.21. The maximum Gasteiger partial charge on any atom is 0.320 e. The van der Waals surface area contributed by atoms with Gasteiger partial charge in [-0.05, 0) is 36.2 Å². The average molecular weight is 484 g/mol. The fourth-order valence-electron chi connectivity index (χ4n) is 4.50. The molecule has 2 N–H and O–H groups in total. The van der Waals surface area contributed by atoms with E-state index in [-0.39, 0.29) is 18.0 Å². The summed E-state index contributed by atoms with van der Waals surface area (Å²) in [5, 5.41) is 10.6. The summed E-state index contributed by atoms with van der Waals surface area (Å²) in [6.45, 7) is 4.47. The average Bonchev–Trinajstić information content (AvgIpc) is 3.44. The number of ether oxygens (including phenoxy) is 1. The number of carbonyl (C=O) groups is 1. The van der Waals surface area contributed by atoms with Crippen molar-refractivity contribution in [1.29, 1.82) is 0 Å². The van der Waals surface area contributed by atoms with Gasteiger partial charge in [0.2, 0.25) is 0 Å². The molecule has 1 aromatic heterocycles. The van der Waals surface area contributed by atoms with Gasteiger partial charge in [0, 0.05) is 38.7 Å². The minimum Gasteiger partial charge on any atom is -0.383 e. The highest BCUT2D eigenvalue weighted by Crippen LogP contribution is 2.29. The van der Waals surface area contributed by atoms with Crippen LogP contribution in [0, 0.1) is 11.6 Å². The van der Waals surface area contributed by atoms with E-state index in [0.29, 0.717) is 37.6 Å². The smallest absolute Gasteiger partial charge is 0.320 e. The van der Waals surface area contributed by atoms with Crippen molar-refractivity contribution in [2.24, 2.45) is 0 Å². The van der Waals surface area contributed by atoms with Gasteiger partial charge in [-0.1, -0.05) is 37.6 Å². The number of likely N-dealkylation sites (tertiary alicyclic amines) is 1. The number of para-hydroxylation sites is 1. The van der Waals surface area contributed by atoms with Crippen LogP contribution in [0.5, 0.6) is 0 Å². The van der Waals surface area contributed by atoms with Crippen LogP contribution in [0.3, 0.4) is 0 Å². The first kappa shape index (κ1) is 24.8. The third-order valence-electron chi connectivity index (χ3n) is 6.20. The van der Waals surface area contributed by atoms with Crippen LogP contribution in [0.2, 0.25) is 0 Å². The second-order valence-electron chi connectivity index (χ2n) is 8.76. The Bertz CT molecular complexity index is 1140. The second-order valence-corrected chi connectivity index (χ2v) is 8.76. The molecule has 0 saturated carbocycles. The molecule has 0 unspecified atom stereocenters. The third kappa shape index (κ3) is 6.04. The Balaban J connectivity index is 1.53. The Kier molecular flexibility index (Phi) is 8.09. The van der Waals surface area contributed by atoms with Crippen LogP contribution in [0.15, 0.2) is 54.6 Å². The summed E-state index contributed by atoms with van der Waals surface area (Å²) in [4.78, 5) is 15.2. The lowest BCUT2D eigenvalue weighted by atomic mass is 9.94. The molecule has 0 radical (unpaired) electrons. The van der Waals surface area contributed by atoms with Crippen molar-refractivity contribution in [3.8, 4) is 5.69 Å². The van der Waals surface area contributed by atoms with E-state index in [4.69, 9.17) is 4.74 Å². The number of anilines is 1. The Hall–Kier alpha value is -3.30. The zero-order valence-electron chi connectivity index (χ0n) is 20.0. The molecule has 0 aliphatic carbocycles. The van der Waals surface area contributed by atoms with Crippen LogP contribution in [-0.4, -0.2) is 60.1 Å². The maximum absolute atomic E-state index is 14.0. The number of hydrogen-bond donors (Lipinski definition) is 2. The summed E-state index contributed by atoms with van der Waals surface area (Å²) in [6.07, 6.45) is 1.73. The molecule has 1 aliphatic heterocycles. The molecule has 2 heterocycles. The van der Waals surface area contributed by atoms with Gasteiger partial charge in [0.1, 0.15) is 5.82 Å². The van der Waals surface area contributed by atoms with E-state index in [1.54, 1.807) is 17.9 Å². The molecule has 1 saturated heterocycles. The molecule has 35 heavy (non-hydrogen) atoms. The molecule has 1 fully saturated rings. The summed E-state index contributed by atoms with van der Waals surface area (Å²) in [6, 6.07) is 14.7. The monoisotopic (exact) mass is 483 g/mol. The molecule has 2 atom stereocenters. The first-order chi connectivity index (χ1) is 17.0. The van der Waals surface area contributed by atoms with E-state index in [1.165, 1.54) is 6.07 Å². The van der Waals surface area contributed by atoms with E-state index in [9.17, 15) is 13.6 Å². The van der Waals surface area contributed by atoms with Crippen molar-refractivity contribution in [3.63, 3.8) is 0 Å². The molecule has 0 spiro atoms. The van der Waals surface area contributed by atoms with E-state index >= 15 is 0 Å².